The van der Waals surface area contributed by atoms with Gasteiger partial charge in [-0.15, -0.1) is 0 Å². The van der Waals surface area contributed by atoms with Gasteiger partial charge in [0.2, 0.25) is 5.95 Å². The van der Waals surface area contributed by atoms with Crippen LogP contribution in [0.4, 0.5) is 5.95 Å². The molecular formula is C13H10N4O. The summed E-state index contributed by atoms with van der Waals surface area (Å²) in [6.45, 7) is 0. The molecule has 0 radical (unpaired) electrons. The normalized spacial score (nSPS) is 10.4. The highest BCUT2D eigenvalue weighted by Crippen LogP contribution is 2.24. The highest BCUT2D eigenvalue weighted by Gasteiger charge is 2.08. The molecular weight excluding hydrogens is 228 g/mol. The first-order chi connectivity index (χ1) is 8.83. The lowest BCUT2D eigenvalue weighted by atomic mass is 10.1. The van der Waals surface area contributed by atoms with Crippen molar-refractivity contribution < 1.29 is 4.42 Å². The maximum atomic E-state index is 5.72. The minimum absolute atomic E-state index is 0.218. The number of nitrogen functional groups attached to an aromatic ring is 1. The predicted octanol–water partition coefficient (Wildman–Crippen LogP) is 2.38. The standard InChI is InChI=1S/C13H10N4O/c14-13-16-10(9-3-5-15-6-4-9)8-11(17-13)12-2-1-7-18-12/h1-8H,(H2,14,16,17). The highest BCUT2D eigenvalue weighted by atomic mass is 16.3. The van der Waals surface area contributed by atoms with Crippen molar-refractivity contribution in [1.82, 2.24) is 15.0 Å². The number of furan rings is 1. The van der Waals surface area contributed by atoms with Crippen molar-refractivity contribution >= 4 is 5.95 Å². The molecule has 0 aromatic carbocycles. The van der Waals surface area contributed by atoms with Crippen LogP contribution in [0.15, 0.2) is 53.4 Å². The van der Waals surface area contributed by atoms with Crippen LogP contribution >= 0.6 is 0 Å². The number of pyridine rings is 1. The topological polar surface area (TPSA) is 77.8 Å². The number of aromatic nitrogens is 3. The summed E-state index contributed by atoms with van der Waals surface area (Å²) < 4.78 is 5.31. The largest absolute Gasteiger partial charge is 0.463 e. The second-order valence-electron chi connectivity index (χ2n) is 3.71. The second-order valence-corrected chi connectivity index (χ2v) is 3.71. The van der Waals surface area contributed by atoms with Gasteiger partial charge in [0.1, 0.15) is 5.69 Å². The maximum Gasteiger partial charge on any atom is 0.221 e. The van der Waals surface area contributed by atoms with Crippen LogP contribution in [0.25, 0.3) is 22.7 Å². The quantitative estimate of drug-likeness (QED) is 0.741. The maximum absolute atomic E-state index is 5.72. The molecule has 3 heterocycles. The van der Waals surface area contributed by atoms with E-state index in [1.54, 1.807) is 24.7 Å². The Morgan fingerprint density at radius 2 is 1.78 bits per heavy atom. The van der Waals surface area contributed by atoms with Gasteiger partial charge >= 0.3 is 0 Å². The van der Waals surface area contributed by atoms with Crippen LogP contribution in [0, 0.1) is 0 Å². The van der Waals surface area contributed by atoms with Crippen molar-refractivity contribution in [2.24, 2.45) is 0 Å². The highest BCUT2D eigenvalue weighted by molar-refractivity contribution is 5.66. The Morgan fingerprint density at radius 3 is 2.50 bits per heavy atom. The predicted molar refractivity (Wildman–Crippen MR) is 67.4 cm³/mol. The van der Waals surface area contributed by atoms with Crippen LogP contribution in [0.2, 0.25) is 0 Å². The first-order valence-electron chi connectivity index (χ1n) is 5.42. The third-order valence-corrected chi connectivity index (χ3v) is 2.49. The molecule has 0 saturated carbocycles. The number of hydrogen-bond acceptors (Lipinski definition) is 5. The van der Waals surface area contributed by atoms with E-state index < -0.39 is 0 Å². The van der Waals surface area contributed by atoms with Crippen molar-refractivity contribution in [2.75, 3.05) is 5.73 Å². The third kappa shape index (κ3) is 1.93. The average molecular weight is 238 g/mol. The lowest BCUT2D eigenvalue weighted by molar-refractivity contribution is 0.580. The zero-order chi connectivity index (χ0) is 12.4. The fourth-order valence-corrected chi connectivity index (χ4v) is 1.69. The van der Waals surface area contributed by atoms with E-state index >= 15 is 0 Å². The van der Waals surface area contributed by atoms with Gasteiger partial charge in [0, 0.05) is 18.0 Å². The van der Waals surface area contributed by atoms with Crippen LogP contribution in [0.5, 0.6) is 0 Å². The van der Waals surface area contributed by atoms with Gasteiger partial charge in [-0.1, -0.05) is 0 Å². The van der Waals surface area contributed by atoms with Crippen LogP contribution in [-0.2, 0) is 0 Å². The zero-order valence-corrected chi connectivity index (χ0v) is 9.45. The lowest BCUT2D eigenvalue weighted by Crippen LogP contribution is -1.98. The van der Waals surface area contributed by atoms with Crippen molar-refractivity contribution in [2.45, 2.75) is 0 Å². The average Bonchev–Trinajstić information content (AvgIpc) is 2.93. The second kappa shape index (κ2) is 4.29. The molecule has 5 nitrogen and oxygen atoms in total. The summed E-state index contributed by atoms with van der Waals surface area (Å²) in [5.41, 5.74) is 8.07. The Morgan fingerprint density at radius 1 is 1.00 bits per heavy atom. The number of nitrogens with two attached hydrogens (primary N) is 1. The minimum Gasteiger partial charge on any atom is -0.463 e. The van der Waals surface area contributed by atoms with E-state index in [9.17, 15) is 0 Å². The summed E-state index contributed by atoms with van der Waals surface area (Å²) in [5.74, 6) is 0.884. The Kier molecular flexibility index (Phi) is 2.49. The molecule has 0 spiro atoms. The van der Waals surface area contributed by atoms with Crippen LogP contribution < -0.4 is 5.73 Å². The summed E-state index contributed by atoms with van der Waals surface area (Å²) in [5, 5.41) is 0. The third-order valence-electron chi connectivity index (χ3n) is 2.49. The van der Waals surface area contributed by atoms with Gasteiger partial charge in [-0.25, -0.2) is 9.97 Å². The van der Waals surface area contributed by atoms with Crippen molar-refractivity contribution in [3.05, 3.63) is 49.0 Å². The summed E-state index contributed by atoms with van der Waals surface area (Å²) in [6.07, 6.45) is 5.01. The van der Waals surface area contributed by atoms with E-state index in [4.69, 9.17) is 10.2 Å². The molecule has 5 heteroatoms. The molecule has 0 atom stereocenters. The van der Waals surface area contributed by atoms with Crippen molar-refractivity contribution in [3.8, 4) is 22.7 Å². The molecule has 0 unspecified atom stereocenters. The van der Waals surface area contributed by atoms with E-state index in [0.29, 0.717) is 11.5 Å². The fraction of sp³-hybridized carbons (Fsp3) is 0. The van der Waals surface area contributed by atoms with E-state index in [0.717, 1.165) is 11.3 Å². The van der Waals surface area contributed by atoms with Gasteiger partial charge in [-0.2, -0.15) is 0 Å². The molecule has 18 heavy (non-hydrogen) atoms. The van der Waals surface area contributed by atoms with Gasteiger partial charge in [0.25, 0.3) is 0 Å². The number of anilines is 1. The molecule has 0 saturated heterocycles. The molecule has 0 aliphatic rings. The molecule has 3 aromatic heterocycles. The van der Waals surface area contributed by atoms with Crippen LogP contribution in [0.1, 0.15) is 0 Å². The van der Waals surface area contributed by atoms with Gasteiger partial charge in [0.15, 0.2) is 5.76 Å². The van der Waals surface area contributed by atoms with E-state index in [1.165, 1.54) is 0 Å². The van der Waals surface area contributed by atoms with Gasteiger partial charge in [0.05, 0.1) is 12.0 Å². The van der Waals surface area contributed by atoms with Gasteiger partial charge < -0.3 is 10.2 Å². The number of rotatable bonds is 2. The molecule has 3 rings (SSSR count). The summed E-state index contributed by atoms with van der Waals surface area (Å²) in [6, 6.07) is 9.21. The Hall–Kier alpha value is -2.69. The van der Waals surface area contributed by atoms with Crippen molar-refractivity contribution in [1.29, 1.82) is 0 Å². The van der Waals surface area contributed by atoms with E-state index in [1.807, 2.05) is 24.3 Å². The molecule has 0 aliphatic carbocycles. The first-order valence-corrected chi connectivity index (χ1v) is 5.42. The smallest absolute Gasteiger partial charge is 0.221 e. The van der Waals surface area contributed by atoms with Gasteiger partial charge in [-0.05, 0) is 30.3 Å². The SMILES string of the molecule is Nc1nc(-c2ccncc2)cc(-c2ccco2)n1. The molecule has 0 amide bonds. The van der Waals surface area contributed by atoms with E-state index in [2.05, 4.69) is 15.0 Å². The molecule has 2 N–H and O–H groups in total. The van der Waals surface area contributed by atoms with E-state index in [-0.39, 0.29) is 5.95 Å². The van der Waals surface area contributed by atoms with Crippen molar-refractivity contribution in [3.63, 3.8) is 0 Å². The molecule has 0 fully saturated rings. The summed E-state index contributed by atoms with van der Waals surface area (Å²) >= 11 is 0. The molecule has 88 valence electrons. The van der Waals surface area contributed by atoms with Crippen LogP contribution in [-0.4, -0.2) is 15.0 Å². The summed E-state index contributed by atoms with van der Waals surface area (Å²) in [7, 11) is 0. The fourth-order valence-electron chi connectivity index (χ4n) is 1.69. The monoisotopic (exact) mass is 238 g/mol. The summed E-state index contributed by atoms with van der Waals surface area (Å²) in [4.78, 5) is 12.3. The Bertz CT molecular complexity index is 650. The number of hydrogen-bond donors (Lipinski definition) is 1. The molecule has 0 bridgehead atoms. The minimum atomic E-state index is 0.218. The zero-order valence-electron chi connectivity index (χ0n) is 9.45. The Labute approximate surface area is 103 Å². The molecule has 0 aliphatic heterocycles. The lowest BCUT2D eigenvalue weighted by Gasteiger charge is -2.04. The van der Waals surface area contributed by atoms with Crippen LogP contribution in [0.3, 0.4) is 0 Å². The molecule has 3 aromatic rings. The Balaban J connectivity index is 2.12. The van der Waals surface area contributed by atoms with Gasteiger partial charge in [-0.3, -0.25) is 4.98 Å². The number of nitrogens with zero attached hydrogens (tertiary/aromatic N) is 3. The first kappa shape index (κ1) is 10.5.